The molecule has 1 fully saturated rings. The molecule has 0 radical (unpaired) electrons. The molecule has 23 heavy (non-hydrogen) atoms. The highest BCUT2D eigenvalue weighted by Crippen LogP contribution is 2.34. The molecule has 122 valence electrons. The molecular formula is C17H21N3O3. The Hall–Kier alpha value is -2.50. The van der Waals surface area contributed by atoms with Crippen molar-refractivity contribution < 1.29 is 15.0 Å². The van der Waals surface area contributed by atoms with Crippen molar-refractivity contribution in [2.75, 3.05) is 13.1 Å². The van der Waals surface area contributed by atoms with Gasteiger partial charge in [-0.15, -0.1) is 0 Å². The normalized spacial score (nSPS) is 15.8. The predicted molar refractivity (Wildman–Crippen MR) is 85.6 cm³/mol. The molecule has 1 amide bonds. The van der Waals surface area contributed by atoms with E-state index in [9.17, 15) is 15.0 Å². The highest BCUT2D eigenvalue weighted by molar-refractivity contribution is 5.97. The van der Waals surface area contributed by atoms with E-state index in [0.717, 1.165) is 12.8 Å². The van der Waals surface area contributed by atoms with Crippen molar-refractivity contribution in [2.45, 2.75) is 25.7 Å². The Morgan fingerprint density at radius 3 is 2.48 bits per heavy atom. The molecule has 2 N–H and O–H groups in total. The number of amides is 1. The van der Waals surface area contributed by atoms with Gasteiger partial charge in [-0.3, -0.25) is 9.48 Å². The van der Waals surface area contributed by atoms with Crippen LogP contribution in [0.3, 0.4) is 0 Å². The van der Waals surface area contributed by atoms with Crippen LogP contribution in [0.2, 0.25) is 0 Å². The van der Waals surface area contributed by atoms with Crippen molar-refractivity contribution in [1.82, 2.24) is 14.7 Å². The first kappa shape index (κ1) is 15.4. The topological polar surface area (TPSA) is 78.6 Å². The molecular weight excluding hydrogens is 294 g/mol. The average Bonchev–Trinajstić information content (AvgIpc) is 2.98. The minimum atomic E-state index is -0.330. The van der Waals surface area contributed by atoms with Crippen LogP contribution >= 0.6 is 0 Å². The Kier molecular flexibility index (Phi) is 3.98. The Morgan fingerprint density at radius 2 is 1.87 bits per heavy atom. The van der Waals surface area contributed by atoms with Crippen molar-refractivity contribution >= 4 is 5.91 Å². The summed E-state index contributed by atoms with van der Waals surface area (Å²) in [4.78, 5) is 14.3. The molecule has 2 heterocycles. The number of aryl methyl sites for hydroxylation is 2. The van der Waals surface area contributed by atoms with Crippen molar-refractivity contribution in [1.29, 1.82) is 0 Å². The van der Waals surface area contributed by atoms with Gasteiger partial charge in [0.1, 0.15) is 0 Å². The second kappa shape index (κ2) is 5.95. The maximum Gasteiger partial charge on any atom is 0.257 e. The second-order valence-electron chi connectivity index (χ2n) is 6.07. The lowest BCUT2D eigenvalue weighted by molar-refractivity contribution is 0.0707. The summed E-state index contributed by atoms with van der Waals surface area (Å²) in [6.07, 6.45) is 3.52. The minimum Gasteiger partial charge on any atom is -0.504 e. The first-order valence-electron chi connectivity index (χ1n) is 7.77. The largest absolute Gasteiger partial charge is 0.504 e. The predicted octanol–water partition coefficient (Wildman–Crippen LogP) is 2.16. The number of phenols is 2. The Morgan fingerprint density at radius 1 is 1.17 bits per heavy atom. The van der Waals surface area contributed by atoms with Gasteiger partial charge < -0.3 is 15.1 Å². The van der Waals surface area contributed by atoms with E-state index in [1.54, 1.807) is 30.2 Å². The van der Waals surface area contributed by atoms with E-state index < -0.39 is 0 Å². The van der Waals surface area contributed by atoms with E-state index >= 15 is 0 Å². The Bertz CT molecular complexity index is 731. The lowest BCUT2D eigenvalue weighted by Crippen LogP contribution is -2.38. The number of carbonyl (C=O) groups is 1. The van der Waals surface area contributed by atoms with Gasteiger partial charge in [-0.25, -0.2) is 0 Å². The molecule has 1 aromatic heterocycles. The summed E-state index contributed by atoms with van der Waals surface area (Å²) in [5.41, 5.74) is 1.90. The summed E-state index contributed by atoms with van der Waals surface area (Å²) in [5, 5.41) is 24.0. The monoisotopic (exact) mass is 315 g/mol. The number of aromatic nitrogens is 2. The Labute approximate surface area is 135 Å². The standard InChI is InChI=1S/C17H21N3O3/c1-11-3-4-13(16(22)15(11)21)17(23)20-9-6-12(7-10-20)14-5-8-18-19(14)2/h3-5,8,12,21-22H,6-7,9-10H2,1-2H3. The summed E-state index contributed by atoms with van der Waals surface area (Å²) in [7, 11) is 1.93. The van der Waals surface area contributed by atoms with Gasteiger partial charge in [0.2, 0.25) is 0 Å². The molecule has 0 spiro atoms. The first-order chi connectivity index (χ1) is 11.0. The lowest BCUT2D eigenvalue weighted by Gasteiger charge is -2.32. The number of benzene rings is 1. The molecule has 0 saturated carbocycles. The van der Waals surface area contributed by atoms with Crippen molar-refractivity contribution in [3.8, 4) is 11.5 Å². The van der Waals surface area contributed by atoms with E-state index in [1.165, 1.54) is 5.69 Å². The number of piperidine rings is 1. The van der Waals surface area contributed by atoms with Gasteiger partial charge in [0.15, 0.2) is 11.5 Å². The third-order valence-corrected chi connectivity index (χ3v) is 4.64. The zero-order chi connectivity index (χ0) is 16.6. The highest BCUT2D eigenvalue weighted by Gasteiger charge is 2.28. The summed E-state index contributed by atoms with van der Waals surface area (Å²) in [6.45, 7) is 2.94. The fraction of sp³-hybridized carbons (Fsp3) is 0.412. The molecule has 0 unspecified atom stereocenters. The lowest BCUT2D eigenvalue weighted by atomic mass is 9.93. The van der Waals surface area contributed by atoms with E-state index in [0.29, 0.717) is 24.6 Å². The molecule has 6 nitrogen and oxygen atoms in total. The van der Waals surface area contributed by atoms with Crippen LogP contribution in [-0.4, -0.2) is 43.9 Å². The molecule has 6 heteroatoms. The summed E-state index contributed by atoms with van der Waals surface area (Å²) < 4.78 is 1.88. The molecule has 0 aliphatic carbocycles. The first-order valence-corrected chi connectivity index (χ1v) is 7.77. The van der Waals surface area contributed by atoms with Gasteiger partial charge in [0, 0.05) is 37.9 Å². The molecule has 3 rings (SSSR count). The molecule has 0 bridgehead atoms. The van der Waals surface area contributed by atoms with E-state index in [1.807, 2.05) is 17.8 Å². The summed E-state index contributed by atoms with van der Waals surface area (Å²) in [6, 6.07) is 5.23. The van der Waals surface area contributed by atoms with Gasteiger partial charge >= 0.3 is 0 Å². The van der Waals surface area contributed by atoms with Crippen molar-refractivity contribution in [3.63, 3.8) is 0 Å². The van der Waals surface area contributed by atoms with Crippen molar-refractivity contribution in [3.05, 3.63) is 41.2 Å². The van der Waals surface area contributed by atoms with Gasteiger partial charge in [0.25, 0.3) is 5.91 Å². The van der Waals surface area contributed by atoms with Gasteiger partial charge in [-0.1, -0.05) is 6.07 Å². The third-order valence-electron chi connectivity index (χ3n) is 4.64. The quantitative estimate of drug-likeness (QED) is 0.833. The molecule has 1 aliphatic rings. The fourth-order valence-corrected chi connectivity index (χ4v) is 3.19. The Balaban J connectivity index is 1.72. The number of phenolic OH excluding ortho intramolecular Hbond substituents is 2. The number of aromatic hydroxyl groups is 2. The van der Waals surface area contributed by atoms with E-state index in [4.69, 9.17) is 0 Å². The number of hydrogen-bond acceptors (Lipinski definition) is 4. The third kappa shape index (κ3) is 2.76. The molecule has 2 aromatic rings. The molecule has 1 saturated heterocycles. The average molecular weight is 315 g/mol. The van der Waals surface area contributed by atoms with Crippen LogP contribution in [0.5, 0.6) is 11.5 Å². The SMILES string of the molecule is Cc1ccc(C(=O)N2CCC(c3ccnn3C)CC2)c(O)c1O. The minimum absolute atomic E-state index is 0.159. The zero-order valence-electron chi connectivity index (χ0n) is 13.4. The smallest absolute Gasteiger partial charge is 0.257 e. The maximum absolute atomic E-state index is 12.6. The second-order valence-corrected chi connectivity index (χ2v) is 6.07. The molecule has 1 aliphatic heterocycles. The van der Waals surface area contributed by atoms with E-state index in [-0.39, 0.29) is 23.0 Å². The van der Waals surface area contributed by atoms with Crippen LogP contribution in [0.25, 0.3) is 0 Å². The van der Waals surface area contributed by atoms with Gasteiger partial charge in [0.05, 0.1) is 5.56 Å². The van der Waals surface area contributed by atoms with Crippen LogP contribution in [0.15, 0.2) is 24.4 Å². The maximum atomic E-state index is 12.6. The van der Waals surface area contributed by atoms with Gasteiger partial charge in [-0.05, 0) is 37.5 Å². The van der Waals surface area contributed by atoms with Crippen LogP contribution in [0.4, 0.5) is 0 Å². The van der Waals surface area contributed by atoms with Crippen molar-refractivity contribution in [2.24, 2.45) is 7.05 Å². The number of rotatable bonds is 2. The van der Waals surface area contributed by atoms with E-state index in [2.05, 4.69) is 5.10 Å². The molecule has 0 atom stereocenters. The van der Waals surface area contributed by atoms with Gasteiger partial charge in [-0.2, -0.15) is 5.10 Å². The summed E-state index contributed by atoms with van der Waals surface area (Å²) >= 11 is 0. The highest BCUT2D eigenvalue weighted by atomic mass is 16.3. The molecule has 1 aromatic carbocycles. The number of likely N-dealkylation sites (tertiary alicyclic amines) is 1. The fourth-order valence-electron chi connectivity index (χ4n) is 3.19. The number of nitrogens with zero attached hydrogens (tertiary/aromatic N) is 3. The zero-order valence-corrected chi connectivity index (χ0v) is 13.4. The number of carbonyl (C=O) groups excluding carboxylic acids is 1. The van der Waals surface area contributed by atoms with Crippen LogP contribution in [0, 0.1) is 6.92 Å². The van der Waals surface area contributed by atoms with Crippen LogP contribution in [0.1, 0.15) is 40.4 Å². The summed E-state index contributed by atoms with van der Waals surface area (Å²) in [5.74, 6) is -0.391. The number of hydrogen-bond donors (Lipinski definition) is 2. The van der Waals surface area contributed by atoms with Crippen LogP contribution < -0.4 is 0 Å². The van der Waals surface area contributed by atoms with Crippen LogP contribution in [-0.2, 0) is 7.05 Å².